The fourth-order valence-electron chi connectivity index (χ4n) is 0.991. The maximum Gasteiger partial charge on any atom is 0.0444 e. The van der Waals surface area contributed by atoms with E-state index in [1.807, 2.05) is 6.92 Å². The van der Waals surface area contributed by atoms with Gasteiger partial charge in [-0.25, -0.2) is 4.21 Å². The highest BCUT2D eigenvalue weighted by Gasteiger charge is 2.09. The molecule has 0 radical (unpaired) electrons. The molecule has 0 aromatic heterocycles. The van der Waals surface area contributed by atoms with Gasteiger partial charge in [-0.2, -0.15) is 0 Å². The molecule has 2 nitrogen and oxygen atoms in total. The summed E-state index contributed by atoms with van der Waals surface area (Å²) in [4.78, 5) is 0. The molecule has 0 heterocycles. The van der Waals surface area contributed by atoms with E-state index in [1.54, 1.807) is 0 Å². The molecule has 2 atom stereocenters. The van der Waals surface area contributed by atoms with Gasteiger partial charge in [0, 0.05) is 21.2 Å². The zero-order valence-corrected chi connectivity index (χ0v) is 8.54. The van der Waals surface area contributed by atoms with Crippen molar-refractivity contribution >= 4 is 9.73 Å². The van der Waals surface area contributed by atoms with Crippen LogP contribution in [-0.4, -0.2) is 15.7 Å². The van der Waals surface area contributed by atoms with Gasteiger partial charge in [0.2, 0.25) is 0 Å². The van der Waals surface area contributed by atoms with Crippen LogP contribution < -0.4 is 0 Å². The molecule has 0 rings (SSSR count). The summed E-state index contributed by atoms with van der Waals surface area (Å²) in [6.07, 6.45) is 1.89. The van der Waals surface area contributed by atoms with Crippen molar-refractivity contribution in [2.24, 2.45) is 5.92 Å². The van der Waals surface area contributed by atoms with E-state index in [0.717, 1.165) is 12.8 Å². The van der Waals surface area contributed by atoms with Crippen molar-refractivity contribution in [3.63, 3.8) is 0 Å². The Morgan fingerprint density at radius 3 is 2.36 bits per heavy atom. The summed E-state index contributed by atoms with van der Waals surface area (Å²) in [6, 6.07) is 0. The Balaban J connectivity index is 3.92. The zero-order chi connectivity index (χ0) is 8.91. The van der Waals surface area contributed by atoms with Crippen LogP contribution in [0.3, 0.4) is 0 Å². The van der Waals surface area contributed by atoms with E-state index in [1.165, 1.54) is 0 Å². The molecule has 0 saturated heterocycles. The van der Waals surface area contributed by atoms with Crippen LogP contribution in [-0.2, 0) is 9.73 Å². The molecule has 0 aliphatic carbocycles. The molecule has 0 fully saturated rings. The third kappa shape index (κ3) is 5.24. The van der Waals surface area contributed by atoms with Crippen LogP contribution in [0.15, 0.2) is 0 Å². The smallest absolute Gasteiger partial charge is 0.0444 e. The van der Waals surface area contributed by atoms with Crippen LogP contribution in [0.2, 0.25) is 0 Å². The molecule has 0 aromatic carbocycles. The van der Waals surface area contributed by atoms with Gasteiger partial charge in [-0.1, -0.05) is 27.2 Å². The monoisotopic (exact) mass is 177 g/mol. The average Bonchev–Trinajstić information content (AvgIpc) is 1.86. The Hall–Kier alpha value is -0.0500. The van der Waals surface area contributed by atoms with E-state index in [0.29, 0.717) is 17.4 Å². The lowest BCUT2D eigenvalue weighted by atomic mass is 10.2. The predicted molar refractivity (Wildman–Crippen MR) is 50.3 cm³/mol. The summed E-state index contributed by atoms with van der Waals surface area (Å²) in [5.41, 5.74) is 0. The number of hydrogen-bond donors (Lipinski definition) is 1. The minimum Gasteiger partial charge on any atom is -0.253 e. The number of rotatable bonds is 5. The first kappa shape index (κ1) is 11.0. The first-order valence-corrected chi connectivity index (χ1v) is 6.15. The summed E-state index contributed by atoms with van der Waals surface area (Å²) < 4.78 is 18.9. The van der Waals surface area contributed by atoms with Crippen LogP contribution in [0.25, 0.3) is 0 Å². The first-order chi connectivity index (χ1) is 5.02. The van der Waals surface area contributed by atoms with Crippen LogP contribution in [0.5, 0.6) is 0 Å². The van der Waals surface area contributed by atoms with E-state index in [2.05, 4.69) is 13.8 Å². The van der Waals surface area contributed by atoms with Crippen molar-refractivity contribution in [3.8, 4) is 0 Å². The molecule has 11 heavy (non-hydrogen) atoms. The van der Waals surface area contributed by atoms with Crippen molar-refractivity contribution in [2.45, 2.75) is 33.6 Å². The topological polar surface area (TPSA) is 40.9 Å². The zero-order valence-electron chi connectivity index (χ0n) is 7.72. The molecule has 0 saturated carbocycles. The minimum atomic E-state index is -2.24. The Labute approximate surface area is 70.4 Å². The van der Waals surface area contributed by atoms with Crippen molar-refractivity contribution in [3.05, 3.63) is 0 Å². The molecule has 0 amide bonds. The van der Waals surface area contributed by atoms with E-state index in [9.17, 15) is 4.21 Å². The Kier molecular flexibility index (Phi) is 4.73. The average molecular weight is 177 g/mol. The van der Waals surface area contributed by atoms with E-state index < -0.39 is 9.73 Å². The normalized spacial score (nSPS) is 19.2. The van der Waals surface area contributed by atoms with Crippen LogP contribution in [0, 0.1) is 10.7 Å². The molecular weight excluding hydrogens is 158 g/mol. The van der Waals surface area contributed by atoms with Gasteiger partial charge in [0.1, 0.15) is 0 Å². The second-order valence-corrected chi connectivity index (χ2v) is 5.56. The quantitative estimate of drug-likeness (QED) is 0.688. The van der Waals surface area contributed by atoms with Crippen molar-refractivity contribution in [1.29, 1.82) is 4.78 Å². The fourth-order valence-corrected chi connectivity index (χ4v) is 2.97. The van der Waals surface area contributed by atoms with Gasteiger partial charge in [0.05, 0.1) is 0 Å². The molecular formula is C8H19NOS. The van der Waals surface area contributed by atoms with Gasteiger partial charge in [-0.15, -0.1) is 0 Å². The van der Waals surface area contributed by atoms with Crippen molar-refractivity contribution < 1.29 is 4.21 Å². The molecule has 0 aliphatic rings. The van der Waals surface area contributed by atoms with E-state index in [-0.39, 0.29) is 0 Å². The lowest BCUT2D eigenvalue weighted by molar-refractivity contribution is 0.609. The lowest BCUT2D eigenvalue weighted by Crippen LogP contribution is -2.14. The second-order valence-electron chi connectivity index (χ2n) is 3.20. The predicted octanol–water partition coefficient (Wildman–Crippen LogP) is 2.49. The molecule has 0 aromatic rings. The molecule has 2 unspecified atom stereocenters. The fraction of sp³-hybridized carbons (Fsp3) is 1.00. The summed E-state index contributed by atoms with van der Waals surface area (Å²) in [5.74, 6) is 1.58. The third-order valence-electron chi connectivity index (χ3n) is 1.78. The van der Waals surface area contributed by atoms with Crippen LogP contribution >= 0.6 is 0 Å². The SMILES string of the molecule is CCCS(=N)(=O)CC(C)CC. The molecule has 0 spiro atoms. The van der Waals surface area contributed by atoms with Crippen molar-refractivity contribution in [1.82, 2.24) is 0 Å². The number of hydrogen-bond acceptors (Lipinski definition) is 2. The van der Waals surface area contributed by atoms with Gasteiger partial charge in [-0.05, 0) is 12.3 Å². The minimum absolute atomic E-state index is 0.437. The first-order valence-electron chi connectivity index (χ1n) is 4.26. The second kappa shape index (κ2) is 4.75. The van der Waals surface area contributed by atoms with Crippen LogP contribution in [0.1, 0.15) is 33.6 Å². The highest BCUT2D eigenvalue weighted by Crippen LogP contribution is 2.07. The number of nitrogens with one attached hydrogen (secondary N) is 1. The van der Waals surface area contributed by atoms with Gasteiger partial charge in [-0.3, -0.25) is 4.78 Å². The highest BCUT2D eigenvalue weighted by atomic mass is 32.2. The highest BCUT2D eigenvalue weighted by molar-refractivity contribution is 7.92. The van der Waals surface area contributed by atoms with E-state index >= 15 is 0 Å². The molecule has 1 N–H and O–H groups in total. The van der Waals surface area contributed by atoms with Crippen LogP contribution in [0.4, 0.5) is 0 Å². The van der Waals surface area contributed by atoms with Gasteiger partial charge < -0.3 is 0 Å². The summed E-state index contributed by atoms with van der Waals surface area (Å²) in [6.45, 7) is 6.11. The largest absolute Gasteiger partial charge is 0.253 e. The van der Waals surface area contributed by atoms with Crippen molar-refractivity contribution in [2.75, 3.05) is 11.5 Å². The van der Waals surface area contributed by atoms with Gasteiger partial charge in [0.15, 0.2) is 0 Å². The molecule has 68 valence electrons. The molecule has 3 heteroatoms. The molecule has 0 aliphatic heterocycles. The Morgan fingerprint density at radius 1 is 1.45 bits per heavy atom. The Bertz CT molecular complexity index is 184. The van der Waals surface area contributed by atoms with Gasteiger partial charge >= 0.3 is 0 Å². The maximum atomic E-state index is 11.4. The summed E-state index contributed by atoms with van der Waals surface area (Å²) >= 11 is 0. The van der Waals surface area contributed by atoms with E-state index in [4.69, 9.17) is 4.78 Å². The molecule has 0 bridgehead atoms. The third-order valence-corrected chi connectivity index (χ3v) is 3.96. The summed E-state index contributed by atoms with van der Waals surface area (Å²) in [7, 11) is -2.24. The maximum absolute atomic E-state index is 11.4. The Morgan fingerprint density at radius 2 is 2.00 bits per heavy atom. The standard InChI is InChI=1S/C8H19NOS/c1-4-6-11(9,10)7-8(3)5-2/h8-9H,4-7H2,1-3H3. The van der Waals surface area contributed by atoms with Gasteiger partial charge in [0.25, 0.3) is 0 Å². The summed E-state index contributed by atoms with van der Waals surface area (Å²) in [5, 5.41) is 0. The lowest BCUT2D eigenvalue weighted by Gasteiger charge is -2.10.